The molecule has 1 aromatic rings. The normalized spacial score (nSPS) is 19.9. The van der Waals surface area contributed by atoms with Crippen LogP contribution in [-0.2, 0) is 4.74 Å². The maximum Gasteiger partial charge on any atom is 0.341 e. The average Bonchev–Trinajstić information content (AvgIpc) is 2.46. The van der Waals surface area contributed by atoms with Crippen molar-refractivity contribution >= 4 is 17.5 Å². The van der Waals surface area contributed by atoms with Crippen molar-refractivity contribution < 1.29 is 9.53 Å². The number of nitrogens with two attached hydrogens (primary N) is 1. The van der Waals surface area contributed by atoms with E-state index in [4.69, 9.17) is 10.5 Å². The van der Waals surface area contributed by atoms with E-state index in [1.54, 1.807) is 12.3 Å². The zero-order valence-corrected chi connectivity index (χ0v) is 12.3. The van der Waals surface area contributed by atoms with E-state index in [9.17, 15) is 4.79 Å². The molecule has 110 valence electrons. The lowest BCUT2D eigenvalue weighted by Gasteiger charge is -2.40. The predicted octanol–water partition coefficient (Wildman–Crippen LogP) is 0.981. The second-order valence-electron chi connectivity index (χ2n) is 5.06. The third-order valence-corrected chi connectivity index (χ3v) is 3.76. The molecule has 0 aromatic carbocycles. The highest BCUT2D eigenvalue weighted by Gasteiger charge is 2.26. The minimum atomic E-state index is -0.398. The molecule has 1 atom stereocenters. The van der Waals surface area contributed by atoms with Gasteiger partial charge in [-0.2, -0.15) is 0 Å². The molecule has 6 nitrogen and oxygen atoms in total. The van der Waals surface area contributed by atoms with Gasteiger partial charge in [-0.15, -0.1) is 0 Å². The molecule has 0 aliphatic carbocycles. The van der Waals surface area contributed by atoms with Gasteiger partial charge in [-0.05, 0) is 19.5 Å². The number of aromatic nitrogens is 1. The van der Waals surface area contributed by atoms with Crippen LogP contribution < -0.4 is 10.6 Å². The Morgan fingerprint density at radius 3 is 2.90 bits per heavy atom. The Morgan fingerprint density at radius 1 is 1.55 bits per heavy atom. The summed E-state index contributed by atoms with van der Waals surface area (Å²) in [5.74, 6) is 0.263. The molecule has 0 amide bonds. The number of hydrogen-bond donors (Lipinski definition) is 1. The van der Waals surface area contributed by atoms with Gasteiger partial charge in [-0.25, -0.2) is 9.78 Å². The van der Waals surface area contributed by atoms with Gasteiger partial charge < -0.3 is 15.4 Å². The second kappa shape index (κ2) is 6.09. The molecule has 0 radical (unpaired) electrons. The zero-order valence-electron chi connectivity index (χ0n) is 12.3. The fraction of sp³-hybridized carbons (Fsp3) is 0.571. The Balaban J connectivity index is 2.27. The van der Waals surface area contributed by atoms with Crippen molar-refractivity contribution in [3.05, 3.63) is 17.8 Å². The lowest BCUT2D eigenvalue weighted by molar-refractivity contribution is 0.0600. The number of piperazine rings is 1. The fourth-order valence-corrected chi connectivity index (χ4v) is 2.64. The zero-order chi connectivity index (χ0) is 14.7. The van der Waals surface area contributed by atoms with Crippen LogP contribution in [0.15, 0.2) is 12.3 Å². The molecular formula is C14H22N4O2. The van der Waals surface area contributed by atoms with Gasteiger partial charge in [-0.1, -0.05) is 6.92 Å². The number of ether oxygens (including phenoxy) is 1. The van der Waals surface area contributed by atoms with Crippen molar-refractivity contribution in [2.24, 2.45) is 0 Å². The fourth-order valence-electron chi connectivity index (χ4n) is 2.64. The summed E-state index contributed by atoms with van der Waals surface area (Å²) >= 11 is 0. The third-order valence-electron chi connectivity index (χ3n) is 3.76. The van der Waals surface area contributed by atoms with Crippen molar-refractivity contribution in [3.8, 4) is 0 Å². The standard InChI is InChI=1S/C14H22N4O2/c1-4-17-5-6-18(9-10(17)2)13-12(14(19)20-3)7-11(15)8-16-13/h7-8,10H,4-6,9,15H2,1-3H3. The monoisotopic (exact) mass is 278 g/mol. The molecule has 0 bridgehead atoms. The number of nitrogen functional groups attached to an aromatic ring is 1. The molecule has 1 aliphatic rings. The van der Waals surface area contributed by atoms with Crippen LogP contribution in [0.2, 0.25) is 0 Å². The highest BCUT2D eigenvalue weighted by Crippen LogP contribution is 2.23. The molecule has 1 aliphatic heterocycles. The van der Waals surface area contributed by atoms with Crippen LogP contribution in [0.5, 0.6) is 0 Å². The molecule has 2 rings (SSSR count). The van der Waals surface area contributed by atoms with Gasteiger partial charge in [0.2, 0.25) is 0 Å². The van der Waals surface area contributed by atoms with E-state index >= 15 is 0 Å². The van der Waals surface area contributed by atoms with Gasteiger partial charge in [0.15, 0.2) is 0 Å². The third kappa shape index (κ3) is 2.85. The summed E-state index contributed by atoms with van der Waals surface area (Å²) in [7, 11) is 1.37. The van der Waals surface area contributed by atoms with Crippen LogP contribution in [0.3, 0.4) is 0 Å². The molecule has 2 heterocycles. The molecule has 20 heavy (non-hydrogen) atoms. The first-order valence-electron chi connectivity index (χ1n) is 6.89. The average molecular weight is 278 g/mol. The Bertz CT molecular complexity index is 492. The summed E-state index contributed by atoms with van der Waals surface area (Å²) in [5, 5.41) is 0. The number of anilines is 2. The molecule has 0 spiro atoms. The summed E-state index contributed by atoms with van der Waals surface area (Å²) in [5.41, 5.74) is 6.63. The summed E-state index contributed by atoms with van der Waals surface area (Å²) in [6.45, 7) is 8.03. The number of nitrogens with zero attached hydrogens (tertiary/aromatic N) is 3. The van der Waals surface area contributed by atoms with Crippen LogP contribution in [0.25, 0.3) is 0 Å². The van der Waals surface area contributed by atoms with Crippen molar-refractivity contribution in [3.63, 3.8) is 0 Å². The van der Waals surface area contributed by atoms with E-state index in [0.717, 1.165) is 26.2 Å². The number of likely N-dealkylation sites (N-methyl/N-ethyl adjacent to an activating group) is 1. The Hall–Kier alpha value is -1.82. The van der Waals surface area contributed by atoms with E-state index < -0.39 is 5.97 Å². The van der Waals surface area contributed by atoms with Gasteiger partial charge in [0.05, 0.1) is 19.0 Å². The Labute approximate surface area is 119 Å². The van der Waals surface area contributed by atoms with E-state index in [-0.39, 0.29) is 0 Å². The van der Waals surface area contributed by atoms with Gasteiger partial charge in [0.1, 0.15) is 11.4 Å². The van der Waals surface area contributed by atoms with Crippen molar-refractivity contribution in [1.82, 2.24) is 9.88 Å². The van der Waals surface area contributed by atoms with Crippen LogP contribution in [0, 0.1) is 0 Å². The molecular weight excluding hydrogens is 256 g/mol. The maximum atomic E-state index is 11.9. The highest BCUT2D eigenvalue weighted by molar-refractivity contribution is 5.95. The van der Waals surface area contributed by atoms with Crippen molar-refractivity contribution in [1.29, 1.82) is 0 Å². The largest absolute Gasteiger partial charge is 0.465 e. The lowest BCUT2D eigenvalue weighted by atomic mass is 10.1. The lowest BCUT2D eigenvalue weighted by Crippen LogP contribution is -2.52. The van der Waals surface area contributed by atoms with Crippen LogP contribution >= 0.6 is 0 Å². The van der Waals surface area contributed by atoms with E-state index in [1.165, 1.54) is 7.11 Å². The Morgan fingerprint density at radius 2 is 2.30 bits per heavy atom. The summed E-state index contributed by atoms with van der Waals surface area (Å²) < 4.78 is 4.82. The quantitative estimate of drug-likeness (QED) is 0.831. The summed E-state index contributed by atoms with van der Waals surface area (Å²) in [6, 6.07) is 2.06. The smallest absolute Gasteiger partial charge is 0.341 e. The van der Waals surface area contributed by atoms with Gasteiger partial charge in [-0.3, -0.25) is 4.90 Å². The highest BCUT2D eigenvalue weighted by atomic mass is 16.5. The first-order chi connectivity index (χ1) is 9.56. The summed E-state index contributed by atoms with van der Waals surface area (Å²) in [6.07, 6.45) is 1.58. The van der Waals surface area contributed by atoms with E-state index in [1.807, 2.05) is 0 Å². The van der Waals surface area contributed by atoms with Crippen molar-refractivity contribution in [2.45, 2.75) is 19.9 Å². The maximum absolute atomic E-state index is 11.9. The molecule has 1 saturated heterocycles. The molecule has 1 unspecified atom stereocenters. The number of pyridine rings is 1. The number of carbonyl (C=O) groups excluding carboxylic acids is 1. The minimum absolute atomic E-state index is 0.398. The van der Waals surface area contributed by atoms with Crippen LogP contribution in [0.4, 0.5) is 11.5 Å². The van der Waals surface area contributed by atoms with Crippen LogP contribution in [0.1, 0.15) is 24.2 Å². The van der Waals surface area contributed by atoms with Crippen LogP contribution in [-0.4, -0.2) is 55.2 Å². The molecule has 0 saturated carbocycles. The number of hydrogen-bond acceptors (Lipinski definition) is 6. The molecule has 2 N–H and O–H groups in total. The summed E-state index contributed by atoms with van der Waals surface area (Å²) in [4.78, 5) is 20.7. The number of carbonyl (C=O) groups is 1. The Kier molecular flexibility index (Phi) is 4.44. The van der Waals surface area contributed by atoms with Gasteiger partial charge in [0, 0.05) is 25.7 Å². The van der Waals surface area contributed by atoms with Gasteiger partial charge in [0.25, 0.3) is 0 Å². The number of methoxy groups -OCH3 is 1. The van der Waals surface area contributed by atoms with E-state index in [0.29, 0.717) is 23.1 Å². The molecule has 1 fully saturated rings. The number of rotatable bonds is 3. The van der Waals surface area contributed by atoms with Gasteiger partial charge >= 0.3 is 5.97 Å². The predicted molar refractivity (Wildman–Crippen MR) is 78.9 cm³/mol. The van der Waals surface area contributed by atoms with Crippen molar-refractivity contribution in [2.75, 3.05) is 43.9 Å². The first kappa shape index (κ1) is 14.6. The second-order valence-corrected chi connectivity index (χ2v) is 5.06. The SMILES string of the molecule is CCN1CCN(c2ncc(N)cc2C(=O)OC)CC1C. The molecule has 1 aromatic heterocycles. The van der Waals surface area contributed by atoms with E-state index in [2.05, 4.69) is 28.6 Å². The number of esters is 1. The topological polar surface area (TPSA) is 71.7 Å². The molecule has 6 heteroatoms. The minimum Gasteiger partial charge on any atom is -0.465 e. The first-order valence-corrected chi connectivity index (χ1v) is 6.89.